The molecule has 1 heterocycles. The molecule has 1 unspecified atom stereocenters. The van der Waals surface area contributed by atoms with Crippen molar-refractivity contribution in [3.05, 3.63) is 35.9 Å². The Morgan fingerprint density at radius 2 is 1.97 bits per heavy atom. The molecule has 3 amide bonds. The fourth-order valence-corrected chi connectivity index (χ4v) is 3.54. The minimum absolute atomic E-state index is 0.0377. The van der Waals surface area contributed by atoms with Gasteiger partial charge >= 0.3 is 5.97 Å². The lowest BCUT2D eigenvalue weighted by Gasteiger charge is -2.27. The Hall–Kier alpha value is -2.61. The summed E-state index contributed by atoms with van der Waals surface area (Å²) in [5.74, 6) is -2.90. The molecule has 170 valence electrons. The van der Waals surface area contributed by atoms with Crippen LogP contribution in [0.2, 0.25) is 0 Å². The molecule has 1 saturated heterocycles. The quantitative estimate of drug-likeness (QED) is 0.321. The smallest absolute Gasteiger partial charge is 0.306 e. The Bertz CT molecular complexity index is 772. The van der Waals surface area contributed by atoms with E-state index in [1.54, 1.807) is 0 Å². The second-order valence-corrected chi connectivity index (χ2v) is 8.33. The Balaban J connectivity index is 1.99. The van der Waals surface area contributed by atoms with Gasteiger partial charge in [0.1, 0.15) is 12.5 Å². The zero-order valence-corrected chi connectivity index (χ0v) is 18.7. The van der Waals surface area contributed by atoms with E-state index in [9.17, 15) is 19.2 Å². The molecular weight excluding hydrogens is 422 g/mol. The summed E-state index contributed by atoms with van der Waals surface area (Å²) in [6.45, 7) is 4.59. The monoisotopic (exact) mass is 451 g/mol. The first-order valence-corrected chi connectivity index (χ1v) is 11.0. The van der Waals surface area contributed by atoms with E-state index in [0.717, 1.165) is 10.6 Å². The first-order chi connectivity index (χ1) is 14.8. The predicted octanol–water partition coefficient (Wildman–Crippen LogP) is 2.02. The SMILES string of the molecule is CC(C)C[C@H](CC(=O)OCc1ccccc1)C(=O)NN(CC1CCNC1=O)C(=O)CCl. The molecule has 1 aliphatic rings. The lowest BCUT2D eigenvalue weighted by atomic mass is 9.93. The number of hydrogen-bond donors (Lipinski definition) is 2. The minimum Gasteiger partial charge on any atom is -0.461 e. The van der Waals surface area contributed by atoms with Crippen molar-refractivity contribution in [1.82, 2.24) is 15.8 Å². The number of halogens is 1. The van der Waals surface area contributed by atoms with Crippen molar-refractivity contribution >= 4 is 35.3 Å². The van der Waals surface area contributed by atoms with Gasteiger partial charge in [-0.3, -0.25) is 29.6 Å². The first kappa shape index (κ1) is 24.7. The number of benzene rings is 1. The number of esters is 1. The molecule has 2 atom stereocenters. The summed E-state index contributed by atoms with van der Waals surface area (Å²) in [7, 11) is 0. The largest absolute Gasteiger partial charge is 0.461 e. The number of alkyl halides is 1. The zero-order valence-electron chi connectivity index (χ0n) is 17.9. The van der Waals surface area contributed by atoms with Crippen LogP contribution in [0.25, 0.3) is 0 Å². The Morgan fingerprint density at radius 3 is 2.55 bits per heavy atom. The molecule has 1 aromatic rings. The summed E-state index contributed by atoms with van der Waals surface area (Å²) < 4.78 is 5.31. The minimum atomic E-state index is -0.675. The number of hydrazine groups is 1. The van der Waals surface area contributed by atoms with Crippen molar-refractivity contribution in [2.24, 2.45) is 17.8 Å². The molecule has 0 aromatic heterocycles. The third-order valence-corrected chi connectivity index (χ3v) is 5.24. The topological polar surface area (TPSA) is 105 Å². The Kier molecular flexibility index (Phi) is 9.78. The van der Waals surface area contributed by atoms with E-state index in [4.69, 9.17) is 16.3 Å². The van der Waals surface area contributed by atoms with Crippen LogP contribution in [0.1, 0.15) is 38.7 Å². The van der Waals surface area contributed by atoms with Crippen LogP contribution >= 0.6 is 11.6 Å². The van der Waals surface area contributed by atoms with Gasteiger partial charge in [0.05, 0.1) is 24.8 Å². The molecule has 2 N–H and O–H groups in total. The van der Waals surface area contributed by atoms with Crippen LogP contribution in [0.3, 0.4) is 0 Å². The third-order valence-electron chi connectivity index (χ3n) is 5.01. The molecule has 1 aliphatic heterocycles. The number of ether oxygens (including phenoxy) is 1. The summed E-state index contributed by atoms with van der Waals surface area (Å²) in [5, 5.41) is 3.79. The number of nitrogens with zero attached hydrogens (tertiary/aromatic N) is 1. The molecule has 0 aliphatic carbocycles. The molecule has 0 radical (unpaired) electrons. The zero-order chi connectivity index (χ0) is 22.8. The van der Waals surface area contributed by atoms with Gasteiger partial charge in [0.2, 0.25) is 11.8 Å². The molecule has 31 heavy (non-hydrogen) atoms. The lowest BCUT2D eigenvalue weighted by Crippen LogP contribution is -2.51. The van der Waals surface area contributed by atoms with Gasteiger partial charge in [0, 0.05) is 6.54 Å². The molecule has 9 heteroatoms. The van der Waals surface area contributed by atoms with Gasteiger partial charge in [-0.15, -0.1) is 11.6 Å². The van der Waals surface area contributed by atoms with E-state index in [-0.39, 0.29) is 37.3 Å². The average molecular weight is 452 g/mol. The van der Waals surface area contributed by atoms with E-state index in [1.807, 2.05) is 44.2 Å². The van der Waals surface area contributed by atoms with Crippen molar-refractivity contribution in [3.63, 3.8) is 0 Å². The van der Waals surface area contributed by atoms with Gasteiger partial charge in [0.15, 0.2) is 0 Å². The number of carbonyl (C=O) groups is 4. The van der Waals surface area contributed by atoms with Crippen LogP contribution in [-0.4, -0.2) is 47.7 Å². The van der Waals surface area contributed by atoms with Gasteiger partial charge in [-0.1, -0.05) is 44.2 Å². The van der Waals surface area contributed by atoms with Crippen molar-refractivity contribution in [3.8, 4) is 0 Å². The maximum Gasteiger partial charge on any atom is 0.306 e. The molecule has 0 spiro atoms. The van der Waals surface area contributed by atoms with E-state index < -0.39 is 29.6 Å². The van der Waals surface area contributed by atoms with Crippen LogP contribution in [0.15, 0.2) is 30.3 Å². The van der Waals surface area contributed by atoms with Crippen molar-refractivity contribution < 1.29 is 23.9 Å². The van der Waals surface area contributed by atoms with E-state index in [1.165, 1.54) is 0 Å². The van der Waals surface area contributed by atoms with Crippen LogP contribution in [0, 0.1) is 17.8 Å². The second kappa shape index (κ2) is 12.3. The van der Waals surface area contributed by atoms with Gasteiger partial charge in [-0.25, -0.2) is 0 Å². The number of hydrogen-bond acceptors (Lipinski definition) is 5. The molecule has 8 nitrogen and oxygen atoms in total. The highest BCUT2D eigenvalue weighted by molar-refractivity contribution is 6.27. The molecule has 0 saturated carbocycles. The summed E-state index contributed by atoms with van der Waals surface area (Å²) in [4.78, 5) is 49.4. The second-order valence-electron chi connectivity index (χ2n) is 8.07. The maximum absolute atomic E-state index is 12.9. The molecule has 2 rings (SSSR count). The summed E-state index contributed by atoms with van der Waals surface area (Å²) >= 11 is 5.68. The number of amides is 3. The fraction of sp³-hybridized carbons (Fsp3) is 0.545. The van der Waals surface area contributed by atoms with Crippen molar-refractivity contribution in [2.45, 2.75) is 39.7 Å². The lowest BCUT2D eigenvalue weighted by molar-refractivity contribution is -0.150. The highest BCUT2D eigenvalue weighted by atomic mass is 35.5. The highest BCUT2D eigenvalue weighted by Crippen LogP contribution is 2.18. The van der Waals surface area contributed by atoms with E-state index in [2.05, 4.69) is 10.7 Å². The molecular formula is C22H30ClN3O5. The van der Waals surface area contributed by atoms with Crippen LogP contribution in [0.5, 0.6) is 0 Å². The molecule has 0 bridgehead atoms. The van der Waals surface area contributed by atoms with Crippen LogP contribution in [0.4, 0.5) is 0 Å². The fourth-order valence-electron chi connectivity index (χ4n) is 3.40. The Morgan fingerprint density at radius 1 is 1.26 bits per heavy atom. The highest BCUT2D eigenvalue weighted by Gasteiger charge is 2.31. The molecule has 1 aromatic carbocycles. The standard InChI is InChI=1S/C22H30ClN3O5/c1-15(2)10-18(11-20(28)31-14-16-6-4-3-5-7-16)22(30)25-26(19(27)12-23)13-17-8-9-24-21(17)29/h3-7,15,17-18H,8-14H2,1-2H3,(H,24,29)(H,25,30)/t17?,18-/m1/s1. The number of carbonyl (C=O) groups excluding carboxylic acids is 4. The van der Waals surface area contributed by atoms with E-state index in [0.29, 0.717) is 19.4 Å². The summed E-state index contributed by atoms with van der Waals surface area (Å²) in [6.07, 6.45) is 0.908. The Labute approximate surface area is 187 Å². The van der Waals surface area contributed by atoms with Gasteiger partial charge in [0.25, 0.3) is 5.91 Å². The first-order valence-electron chi connectivity index (χ1n) is 10.4. The third kappa shape index (κ3) is 8.20. The van der Waals surface area contributed by atoms with Gasteiger partial charge in [-0.2, -0.15) is 0 Å². The van der Waals surface area contributed by atoms with Crippen LogP contribution < -0.4 is 10.7 Å². The summed E-state index contributed by atoms with van der Waals surface area (Å²) in [6, 6.07) is 9.27. The van der Waals surface area contributed by atoms with Crippen LogP contribution in [-0.2, 0) is 30.5 Å². The maximum atomic E-state index is 12.9. The normalized spacial score (nSPS) is 16.5. The average Bonchev–Trinajstić information content (AvgIpc) is 3.15. The van der Waals surface area contributed by atoms with E-state index >= 15 is 0 Å². The number of nitrogens with one attached hydrogen (secondary N) is 2. The van der Waals surface area contributed by atoms with Gasteiger partial charge < -0.3 is 10.1 Å². The summed E-state index contributed by atoms with van der Waals surface area (Å²) in [5.41, 5.74) is 3.43. The predicted molar refractivity (Wildman–Crippen MR) is 115 cm³/mol. The molecule has 1 fully saturated rings. The van der Waals surface area contributed by atoms with Crippen molar-refractivity contribution in [2.75, 3.05) is 19.0 Å². The van der Waals surface area contributed by atoms with Crippen molar-refractivity contribution in [1.29, 1.82) is 0 Å². The number of rotatable bonds is 10. The van der Waals surface area contributed by atoms with Gasteiger partial charge in [-0.05, 0) is 24.3 Å².